The second kappa shape index (κ2) is 5.78. The second-order valence-corrected chi connectivity index (χ2v) is 4.58. The van der Waals surface area contributed by atoms with E-state index in [0.29, 0.717) is 17.9 Å². The molecule has 0 heterocycles. The van der Waals surface area contributed by atoms with Crippen LogP contribution in [0.1, 0.15) is 11.1 Å². The monoisotopic (exact) mass is 262 g/mol. The van der Waals surface area contributed by atoms with Crippen LogP contribution in [0.4, 0.5) is 4.39 Å². The number of rotatable bonds is 4. The van der Waals surface area contributed by atoms with Crippen molar-refractivity contribution in [2.45, 2.75) is 12.8 Å². The molecule has 92 valence electrons. The zero-order chi connectivity index (χ0) is 13.0. The first-order chi connectivity index (χ1) is 8.63. The molecule has 0 saturated heterocycles. The van der Waals surface area contributed by atoms with Gasteiger partial charge in [0.05, 0.1) is 0 Å². The van der Waals surface area contributed by atoms with Crippen LogP contribution in [-0.4, -0.2) is 5.78 Å². The molecule has 2 rings (SSSR count). The minimum atomic E-state index is -0.288. The minimum Gasteiger partial charge on any atom is -0.299 e. The van der Waals surface area contributed by atoms with E-state index in [0.717, 1.165) is 11.1 Å². The molecule has 0 unspecified atom stereocenters. The maximum Gasteiger partial charge on any atom is 0.141 e. The Morgan fingerprint density at radius 1 is 0.889 bits per heavy atom. The Hall–Kier alpha value is -1.67. The van der Waals surface area contributed by atoms with Gasteiger partial charge in [-0.1, -0.05) is 35.9 Å². The fourth-order valence-corrected chi connectivity index (χ4v) is 1.85. The highest BCUT2D eigenvalue weighted by molar-refractivity contribution is 6.30. The molecule has 0 radical (unpaired) electrons. The smallest absolute Gasteiger partial charge is 0.141 e. The first kappa shape index (κ1) is 12.8. The van der Waals surface area contributed by atoms with Gasteiger partial charge in [0.1, 0.15) is 11.6 Å². The van der Waals surface area contributed by atoms with Crippen LogP contribution in [0.25, 0.3) is 0 Å². The van der Waals surface area contributed by atoms with Crippen molar-refractivity contribution in [2.75, 3.05) is 0 Å². The van der Waals surface area contributed by atoms with Crippen molar-refractivity contribution in [3.63, 3.8) is 0 Å². The Morgan fingerprint density at radius 2 is 1.33 bits per heavy atom. The molecule has 2 aromatic rings. The first-order valence-electron chi connectivity index (χ1n) is 5.64. The van der Waals surface area contributed by atoms with Gasteiger partial charge < -0.3 is 0 Å². The molecule has 0 aliphatic heterocycles. The van der Waals surface area contributed by atoms with E-state index in [1.807, 2.05) is 12.1 Å². The molecule has 1 nitrogen and oxygen atoms in total. The van der Waals surface area contributed by atoms with Gasteiger partial charge in [-0.3, -0.25) is 4.79 Å². The van der Waals surface area contributed by atoms with Crippen LogP contribution < -0.4 is 0 Å². The lowest BCUT2D eigenvalue weighted by Crippen LogP contribution is -2.06. The first-order valence-corrected chi connectivity index (χ1v) is 6.02. The van der Waals surface area contributed by atoms with Gasteiger partial charge in [-0.05, 0) is 35.4 Å². The number of hydrogen-bond donors (Lipinski definition) is 0. The molecule has 0 atom stereocenters. The molecular weight excluding hydrogens is 251 g/mol. The highest BCUT2D eigenvalue weighted by Gasteiger charge is 2.05. The van der Waals surface area contributed by atoms with Crippen molar-refractivity contribution in [3.8, 4) is 0 Å². The van der Waals surface area contributed by atoms with E-state index in [1.54, 1.807) is 24.3 Å². The van der Waals surface area contributed by atoms with Gasteiger partial charge in [0, 0.05) is 17.9 Å². The number of Topliss-reactive ketones (excluding diaryl/α,β-unsaturated/α-hetero) is 1. The molecule has 0 N–H and O–H groups in total. The Labute approximate surface area is 110 Å². The van der Waals surface area contributed by atoms with Crippen LogP contribution >= 0.6 is 11.6 Å². The largest absolute Gasteiger partial charge is 0.299 e. The van der Waals surface area contributed by atoms with Gasteiger partial charge in [-0.15, -0.1) is 0 Å². The van der Waals surface area contributed by atoms with Crippen molar-refractivity contribution in [3.05, 3.63) is 70.5 Å². The molecule has 0 aliphatic carbocycles. The molecule has 0 bridgehead atoms. The van der Waals surface area contributed by atoms with E-state index in [2.05, 4.69) is 0 Å². The standard InChI is InChI=1S/C15H12ClFO/c16-13-5-1-11(2-6-13)9-15(18)10-12-3-7-14(17)8-4-12/h1-8H,9-10H2. The van der Waals surface area contributed by atoms with Crippen molar-refractivity contribution >= 4 is 17.4 Å². The molecule has 3 heteroatoms. The molecule has 18 heavy (non-hydrogen) atoms. The number of halogens is 2. The number of ketones is 1. The fourth-order valence-electron chi connectivity index (χ4n) is 1.72. The summed E-state index contributed by atoms with van der Waals surface area (Å²) < 4.78 is 12.7. The second-order valence-electron chi connectivity index (χ2n) is 4.15. The van der Waals surface area contributed by atoms with Crippen molar-refractivity contribution < 1.29 is 9.18 Å². The number of carbonyl (C=O) groups is 1. The molecule has 0 spiro atoms. The third-order valence-electron chi connectivity index (χ3n) is 2.63. The van der Waals surface area contributed by atoms with Gasteiger partial charge in [0.25, 0.3) is 0 Å². The summed E-state index contributed by atoms with van der Waals surface area (Å²) in [7, 11) is 0. The number of benzene rings is 2. The Morgan fingerprint density at radius 3 is 1.83 bits per heavy atom. The van der Waals surface area contributed by atoms with Gasteiger partial charge in [-0.2, -0.15) is 0 Å². The fraction of sp³-hybridized carbons (Fsp3) is 0.133. The maximum absolute atomic E-state index is 12.7. The summed E-state index contributed by atoms with van der Waals surface area (Å²) in [4.78, 5) is 11.8. The average Bonchev–Trinajstić information content (AvgIpc) is 2.35. The summed E-state index contributed by atoms with van der Waals surface area (Å²) in [5.74, 6) is -0.187. The molecule has 0 fully saturated rings. The van der Waals surface area contributed by atoms with Crippen LogP contribution in [-0.2, 0) is 17.6 Å². The van der Waals surface area contributed by atoms with E-state index in [-0.39, 0.29) is 11.6 Å². The molecule has 0 aliphatic rings. The van der Waals surface area contributed by atoms with E-state index in [1.165, 1.54) is 12.1 Å². The lowest BCUT2D eigenvalue weighted by Gasteiger charge is -2.02. The van der Waals surface area contributed by atoms with Crippen LogP contribution in [0.5, 0.6) is 0 Å². The third kappa shape index (κ3) is 3.67. The van der Waals surface area contributed by atoms with E-state index in [9.17, 15) is 9.18 Å². The highest BCUT2D eigenvalue weighted by Crippen LogP contribution is 2.11. The Kier molecular flexibility index (Phi) is 4.11. The number of hydrogen-bond acceptors (Lipinski definition) is 1. The summed E-state index contributed by atoms with van der Waals surface area (Å²) in [6.07, 6.45) is 0.692. The minimum absolute atomic E-state index is 0.101. The van der Waals surface area contributed by atoms with Crippen LogP contribution in [0.2, 0.25) is 5.02 Å². The van der Waals surface area contributed by atoms with Gasteiger partial charge in [-0.25, -0.2) is 4.39 Å². The Bertz CT molecular complexity index is 482. The normalized spacial score (nSPS) is 10.3. The summed E-state index contributed by atoms with van der Waals surface area (Å²) >= 11 is 5.77. The van der Waals surface area contributed by atoms with Crippen LogP contribution in [0, 0.1) is 5.82 Å². The number of carbonyl (C=O) groups excluding carboxylic acids is 1. The molecule has 2 aromatic carbocycles. The Balaban J connectivity index is 1.96. The van der Waals surface area contributed by atoms with Gasteiger partial charge >= 0.3 is 0 Å². The average molecular weight is 263 g/mol. The third-order valence-corrected chi connectivity index (χ3v) is 2.88. The van der Waals surface area contributed by atoms with Crippen LogP contribution in [0.3, 0.4) is 0 Å². The quantitative estimate of drug-likeness (QED) is 0.818. The van der Waals surface area contributed by atoms with E-state index < -0.39 is 0 Å². The maximum atomic E-state index is 12.7. The molecule has 0 saturated carbocycles. The van der Waals surface area contributed by atoms with E-state index >= 15 is 0 Å². The topological polar surface area (TPSA) is 17.1 Å². The van der Waals surface area contributed by atoms with Crippen molar-refractivity contribution in [2.24, 2.45) is 0 Å². The zero-order valence-corrected chi connectivity index (χ0v) is 10.5. The van der Waals surface area contributed by atoms with Gasteiger partial charge in [0.2, 0.25) is 0 Å². The summed E-state index contributed by atoms with van der Waals surface area (Å²) in [5, 5.41) is 0.657. The SMILES string of the molecule is O=C(Cc1ccc(F)cc1)Cc1ccc(Cl)cc1. The summed E-state index contributed by atoms with van der Waals surface area (Å²) in [5.41, 5.74) is 1.77. The summed E-state index contributed by atoms with van der Waals surface area (Å²) in [6, 6.07) is 13.2. The summed E-state index contributed by atoms with van der Waals surface area (Å²) in [6.45, 7) is 0. The predicted molar refractivity (Wildman–Crippen MR) is 70.3 cm³/mol. The van der Waals surface area contributed by atoms with Crippen molar-refractivity contribution in [1.29, 1.82) is 0 Å². The lowest BCUT2D eigenvalue weighted by molar-refractivity contribution is -0.117. The van der Waals surface area contributed by atoms with Gasteiger partial charge in [0.15, 0.2) is 0 Å². The van der Waals surface area contributed by atoms with Crippen LogP contribution in [0.15, 0.2) is 48.5 Å². The van der Waals surface area contributed by atoms with Crippen molar-refractivity contribution in [1.82, 2.24) is 0 Å². The highest BCUT2D eigenvalue weighted by atomic mass is 35.5. The molecular formula is C15H12ClFO. The lowest BCUT2D eigenvalue weighted by atomic mass is 10.0. The molecule has 0 amide bonds. The zero-order valence-electron chi connectivity index (χ0n) is 9.70. The van der Waals surface area contributed by atoms with E-state index in [4.69, 9.17) is 11.6 Å². The molecule has 0 aromatic heterocycles. The predicted octanol–water partition coefficient (Wildman–Crippen LogP) is 3.83.